The van der Waals surface area contributed by atoms with E-state index in [1.807, 2.05) is 0 Å². The van der Waals surface area contributed by atoms with Crippen LogP contribution in [0.2, 0.25) is 0 Å². The Morgan fingerprint density at radius 3 is 2.48 bits per heavy atom. The average Bonchev–Trinajstić information content (AvgIpc) is 3.15. The van der Waals surface area contributed by atoms with Gasteiger partial charge in [-0.15, -0.1) is 0 Å². The third-order valence-corrected chi connectivity index (χ3v) is 11.3. The first-order valence-corrected chi connectivity index (χ1v) is 14.7. The van der Waals surface area contributed by atoms with Gasteiger partial charge in [-0.05, 0) is 116 Å². The molecule has 0 N–H and O–H groups in total. The highest BCUT2D eigenvalue weighted by atomic mass is 16.5. The standard InChI is InChI=1S/C32H54O/c1-8-20-33-26-16-18-31(6)25(21-26)12-13-27-29-15-14-28(32(29,7)19-17-30(27)31)23(5)10-11-24(9-2)22(3)4/h10-12,22-24,26-30H,8-9,13-21H2,1-7H3/b11-10+/t23-,24-,26-,27+,28+,29-,30+,31+,32-/m1/s1. The summed E-state index contributed by atoms with van der Waals surface area (Å²) < 4.78 is 6.20. The second-order valence-corrected chi connectivity index (χ2v) is 13.3. The fourth-order valence-corrected chi connectivity index (χ4v) is 9.24. The van der Waals surface area contributed by atoms with E-state index in [9.17, 15) is 0 Å². The summed E-state index contributed by atoms with van der Waals surface area (Å²) in [5.74, 6) is 5.87. The predicted octanol–water partition coefficient (Wildman–Crippen LogP) is 9.24. The lowest BCUT2D eigenvalue weighted by Crippen LogP contribution is -2.50. The largest absolute Gasteiger partial charge is 0.378 e. The van der Waals surface area contributed by atoms with E-state index < -0.39 is 0 Å². The van der Waals surface area contributed by atoms with E-state index in [0.29, 0.717) is 16.9 Å². The Hall–Kier alpha value is -0.560. The summed E-state index contributed by atoms with van der Waals surface area (Å²) in [6, 6.07) is 0. The molecule has 0 radical (unpaired) electrons. The molecule has 0 saturated heterocycles. The van der Waals surface area contributed by atoms with Gasteiger partial charge >= 0.3 is 0 Å². The number of rotatable bonds is 8. The van der Waals surface area contributed by atoms with E-state index in [-0.39, 0.29) is 0 Å². The van der Waals surface area contributed by atoms with Crippen LogP contribution in [0.5, 0.6) is 0 Å². The molecule has 0 spiro atoms. The molecule has 4 aliphatic carbocycles. The maximum atomic E-state index is 6.20. The topological polar surface area (TPSA) is 9.23 Å². The lowest BCUT2D eigenvalue weighted by molar-refractivity contribution is -0.0612. The first kappa shape index (κ1) is 25.5. The van der Waals surface area contributed by atoms with Gasteiger partial charge in [0.2, 0.25) is 0 Å². The zero-order chi connectivity index (χ0) is 23.8. The van der Waals surface area contributed by atoms with Crippen LogP contribution in [0, 0.1) is 52.3 Å². The molecule has 1 heteroatoms. The Labute approximate surface area is 206 Å². The summed E-state index contributed by atoms with van der Waals surface area (Å²) in [6.07, 6.45) is 21.8. The zero-order valence-corrected chi connectivity index (χ0v) is 23.0. The summed E-state index contributed by atoms with van der Waals surface area (Å²) in [7, 11) is 0. The summed E-state index contributed by atoms with van der Waals surface area (Å²) in [5.41, 5.74) is 2.77. The fraction of sp³-hybridized carbons (Fsp3) is 0.875. The Morgan fingerprint density at radius 2 is 1.79 bits per heavy atom. The Bertz CT molecular complexity index is 718. The van der Waals surface area contributed by atoms with Gasteiger partial charge in [0.1, 0.15) is 0 Å². The predicted molar refractivity (Wildman–Crippen MR) is 142 cm³/mol. The molecule has 0 aliphatic heterocycles. The van der Waals surface area contributed by atoms with Crippen molar-refractivity contribution in [1.82, 2.24) is 0 Å². The molecule has 9 atom stereocenters. The molecular formula is C32H54O. The number of ether oxygens (including phenoxy) is 1. The van der Waals surface area contributed by atoms with Gasteiger partial charge in [0, 0.05) is 6.61 Å². The SMILES string of the molecule is CCCO[C@@H]1CC[C@@]2(C)C(=CC[C@H]3[C@H]4CC[C@@H]([C@H](C)/C=C/[C@@H](CC)C(C)C)[C@@]4(C)CC[C@@H]32)C1. The monoisotopic (exact) mass is 454 g/mol. The van der Waals surface area contributed by atoms with Crippen LogP contribution < -0.4 is 0 Å². The van der Waals surface area contributed by atoms with Crippen LogP contribution in [0.4, 0.5) is 0 Å². The number of hydrogen-bond acceptors (Lipinski definition) is 1. The van der Waals surface area contributed by atoms with E-state index in [1.54, 1.807) is 5.57 Å². The maximum absolute atomic E-state index is 6.20. The minimum Gasteiger partial charge on any atom is -0.378 e. The third-order valence-electron chi connectivity index (χ3n) is 11.3. The average molecular weight is 455 g/mol. The molecular weight excluding hydrogens is 400 g/mol. The van der Waals surface area contributed by atoms with Gasteiger partial charge in [0.15, 0.2) is 0 Å². The molecule has 0 unspecified atom stereocenters. The zero-order valence-electron chi connectivity index (χ0n) is 23.0. The molecule has 0 amide bonds. The fourth-order valence-electron chi connectivity index (χ4n) is 9.24. The van der Waals surface area contributed by atoms with Gasteiger partial charge in [0.05, 0.1) is 6.10 Å². The van der Waals surface area contributed by atoms with Gasteiger partial charge in [-0.2, -0.15) is 0 Å². The molecule has 0 heterocycles. The summed E-state index contributed by atoms with van der Waals surface area (Å²) in [5, 5.41) is 0. The van der Waals surface area contributed by atoms with Crippen LogP contribution in [0.1, 0.15) is 113 Å². The van der Waals surface area contributed by atoms with Crippen molar-refractivity contribution < 1.29 is 4.74 Å². The highest BCUT2D eigenvalue weighted by Crippen LogP contribution is 2.67. The molecule has 3 fully saturated rings. The van der Waals surface area contributed by atoms with Crippen molar-refractivity contribution >= 4 is 0 Å². The first-order valence-electron chi connectivity index (χ1n) is 14.7. The smallest absolute Gasteiger partial charge is 0.0612 e. The highest BCUT2D eigenvalue weighted by Gasteiger charge is 2.59. The number of fused-ring (bicyclic) bond motifs is 5. The van der Waals surface area contributed by atoms with Crippen molar-refractivity contribution in [3.05, 3.63) is 23.8 Å². The molecule has 4 aliphatic rings. The van der Waals surface area contributed by atoms with Crippen molar-refractivity contribution in [2.75, 3.05) is 6.61 Å². The van der Waals surface area contributed by atoms with Crippen LogP contribution >= 0.6 is 0 Å². The van der Waals surface area contributed by atoms with Gasteiger partial charge < -0.3 is 4.74 Å². The van der Waals surface area contributed by atoms with E-state index in [4.69, 9.17) is 4.74 Å². The van der Waals surface area contributed by atoms with E-state index in [0.717, 1.165) is 54.5 Å². The quantitative estimate of drug-likeness (QED) is 0.332. The summed E-state index contributed by atoms with van der Waals surface area (Å²) >= 11 is 0. The van der Waals surface area contributed by atoms with E-state index >= 15 is 0 Å². The van der Waals surface area contributed by atoms with Crippen molar-refractivity contribution in [1.29, 1.82) is 0 Å². The Kier molecular flexibility index (Phi) is 7.89. The summed E-state index contributed by atoms with van der Waals surface area (Å²) in [4.78, 5) is 0. The molecule has 1 nitrogen and oxygen atoms in total. The van der Waals surface area contributed by atoms with Crippen LogP contribution in [0.25, 0.3) is 0 Å². The van der Waals surface area contributed by atoms with E-state index in [2.05, 4.69) is 66.7 Å². The van der Waals surface area contributed by atoms with Crippen LogP contribution in [-0.2, 0) is 4.74 Å². The van der Waals surface area contributed by atoms with Crippen LogP contribution in [-0.4, -0.2) is 12.7 Å². The first-order chi connectivity index (χ1) is 15.7. The minimum absolute atomic E-state index is 0.450. The Balaban J connectivity index is 1.48. The third kappa shape index (κ3) is 4.66. The second-order valence-electron chi connectivity index (χ2n) is 13.3. The van der Waals surface area contributed by atoms with Gasteiger partial charge in [0.25, 0.3) is 0 Å². The number of hydrogen-bond donors (Lipinski definition) is 0. The summed E-state index contributed by atoms with van der Waals surface area (Å²) in [6.45, 7) is 18.2. The minimum atomic E-state index is 0.450. The van der Waals surface area contributed by atoms with Crippen molar-refractivity contribution in [3.8, 4) is 0 Å². The molecule has 0 aromatic carbocycles. The molecule has 188 valence electrons. The van der Waals surface area contributed by atoms with Crippen molar-refractivity contribution in [2.45, 2.75) is 119 Å². The van der Waals surface area contributed by atoms with Crippen molar-refractivity contribution in [3.63, 3.8) is 0 Å². The second kappa shape index (κ2) is 10.2. The van der Waals surface area contributed by atoms with Crippen LogP contribution in [0.3, 0.4) is 0 Å². The van der Waals surface area contributed by atoms with E-state index in [1.165, 1.54) is 57.8 Å². The lowest BCUT2D eigenvalue weighted by Gasteiger charge is -2.58. The Morgan fingerprint density at radius 1 is 1.00 bits per heavy atom. The molecule has 0 bridgehead atoms. The van der Waals surface area contributed by atoms with Gasteiger partial charge in [-0.25, -0.2) is 0 Å². The molecule has 4 rings (SSSR count). The highest BCUT2D eigenvalue weighted by molar-refractivity contribution is 5.25. The lowest BCUT2D eigenvalue weighted by atomic mass is 9.47. The number of allylic oxidation sites excluding steroid dienone is 3. The normalized spacial score (nSPS) is 42.5. The molecule has 0 aromatic rings. The maximum Gasteiger partial charge on any atom is 0.0612 e. The molecule has 0 aromatic heterocycles. The van der Waals surface area contributed by atoms with Crippen molar-refractivity contribution in [2.24, 2.45) is 52.3 Å². The van der Waals surface area contributed by atoms with Crippen LogP contribution in [0.15, 0.2) is 23.8 Å². The molecule has 33 heavy (non-hydrogen) atoms. The molecule has 3 saturated carbocycles. The van der Waals surface area contributed by atoms with Gasteiger partial charge in [-0.1, -0.05) is 72.3 Å². The van der Waals surface area contributed by atoms with Gasteiger partial charge in [-0.3, -0.25) is 0 Å².